The number of carbonyl (C=O) groups is 1. The zero-order valence-electron chi connectivity index (χ0n) is 21.7. The van der Waals surface area contributed by atoms with Crippen LogP contribution < -0.4 is 28.4 Å². The molecule has 0 aliphatic carbocycles. The number of benzene rings is 3. The number of methoxy groups -OCH3 is 6. The van der Waals surface area contributed by atoms with Crippen LogP contribution in [0.2, 0.25) is 0 Å². The minimum absolute atomic E-state index is 0.328. The highest BCUT2D eigenvalue weighted by Gasteiger charge is 2.36. The van der Waals surface area contributed by atoms with Crippen LogP contribution in [0.15, 0.2) is 59.7 Å². The Kier molecular flexibility index (Phi) is 7.71. The summed E-state index contributed by atoms with van der Waals surface area (Å²) in [5, 5.41) is 6.26. The Morgan fingerprint density at radius 1 is 0.730 bits per heavy atom. The molecular formula is C28H30N2O7. The van der Waals surface area contributed by atoms with Crippen LogP contribution in [0.4, 0.5) is 0 Å². The molecule has 1 unspecified atom stereocenters. The summed E-state index contributed by atoms with van der Waals surface area (Å²) in [4.78, 5) is 13.9. The lowest BCUT2D eigenvalue weighted by atomic mass is 9.97. The predicted molar refractivity (Wildman–Crippen MR) is 139 cm³/mol. The molecule has 1 aliphatic rings. The summed E-state index contributed by atoms with van der Waals surface area (Å²) in [6.45, 7) is 0. The molecule has 194 valence electrons. The van der Waals surface area contributed by atoms with E-state index in [0.717, 1.165) is 16.8 Å². The number of ether oxygens (including phenoxy) is 6. The van der Waals surface area contributed by atoms with Crippen LogP contribution >= 0.6 is 0 Å². The van der Waals surface area contributed by atoms with Crippen molar-refractivity contribution in [3.63, 3.8) is 0 Å². The fourth-order valence-electron chi connectivity index (χ4n) is 4.41. The standard InChI is InChI=1S/C28H30N2O7/c1-32-22-10-8-7-9-19(22)21-16-20(17-11-12-23(33-2)24(13-17)34-3)29-30(21)28(31)18-14-25(35-4)27(37-6)26(15-18)36-5/h7-15,21H,16H2,1-6H3. The normalized spacial score (nSPS) is 14.6. The molecule has 1 aliphatic heterocycles. The summed E-state index contributed by atoms with van der Waals surface area (Å²) in [6, 6.07) is 16.0. The topological polar surface area (TPSA) is 88.1 Å². The molecule has 3 aromatic rings. The van der Waals surface area contributed by atoms with Crippen molar-refractivity contribution in [1.82, 2.24) is 5.01 Å². The highest BCUT2D eigenvalue weighted by Crippen LogP contribution is 2.42. The molecule has 0 saturated carbocycles. The van der Waals surface area contributed by atoms with Crippen LogP contribution in [0.5, 0.6) is 34.5 Å². The van der Waals surface area contributed by atoms with E-state index in [9.17, 15) is 4.79 Å². The van der Waals surface area contributed by atoms with Gasteiger partial charge in [-0.1, -0.05) is 18.2 Å². The summed E-state index contributed by atoms with van der Waals surface area (Å²) in [5.74, 6) is 2.68. The van der Waals surface area contributed by atoms with Crippen molar-refractivity contribution in [2.24, 2.45) is 5.10 Å². The zero-order valence-corrected chi connectivity index (χ0v) is 21.7. The second kappa shape index (κ2) is 11.1. The van der Waals surface area contributed by atoms with E-state index >= 15 is 0 Å². The summed E-state index contributed by atoms with van der Waals surface area (Å²) in [7, 11) is 9.30. The van der Waals surface area contributed by atoms with Crippen LogP contribution in [-0.4, -0.2) is 59.3 Å². The molecule has 0 radical (unpaired) electrons. The van der Waals surface area contributed by atoms with Crippen molar-refractivity contribution < 1.29 is 33.2 Å². The van der Waals surface area contributed by atoms with Crippen LogP contribution in [0, 0.1) is 0 Å². The van der Waals surface area contributed by atoms with E-state index in [1.54, 1.807) is 33.5 Å². The van der Waals surface area contributed by atoms with Gasteiger partial charge in [-0.3, -0.25) is 4.79 Å². The number of carbonyl (C=O) groups excluding carboxylic acids is 1. The van der Waals surface area contributed by atoms with Gasteiger partial charge < -0.3 is 28.4 Å². The zero-order chi connectivity index (χ0) is 26.5. The number of para-hydroxylation sites is 1. The number of rotatable bonds is 9. The highest BCUT2D eigenvalue weighted by molar-refractivity contribution is 6.05. The van der Waals surface area contributed by atoms with Crippen LogP contribution in [-0.2, 0) is 0 Å². The van der Waals surface area contributed by atoms with E-state index < -0.39 is 6.04 Å². The van der Waals surface area contributed by atoms with Gasteiger partial charge in [0.05, 0.1) is 54.4 Å². The molecule has 0 saturated heterocycles. The van der Waals surface area contributed by atoms with E-state index in [-0.39, 0.29) is 5.91 Å². The molecule has 1 amide bonds. The maximum atomic E-state index is 13.9. The number of hydrogen-bond donors (Lipinski definition) is 0. The monoisotopic (exact) mass is 506 g/mol. The third kappa shape index (κ3) is 4.84. The average Bonchev–Trinajstić information content (AvgIpc) is 3.40. The Morgan fingerprint density at radius 2 is 1.35 bits per heavy atom. The van der Waals surface area contributed by atoms with Crippen molar-refractivity contribution >= 4 is 11.6 Å². The molecule has 1 heterocycles. The van der Waals surface area contributed by atoms with Gasteiger partial charge in [0, 0.05) is 23.1 Å². The third-order valence-corrected chi connectivity index (χ3v) is 6.24. The Morgan fingerprint density at radius 3 is 1.95 bits per heavy atom. The van der Waals surface area contributed by atoms with Crippen LogP contribution in [0.1, 0.15) is 33.9 Å². The third-order valence-electron chi connectivity index (χ3n) is 6.24. The van der Waals surface area contributed by atoms with E-state index in [2.05, 4.69) is 0 Å². The fourth-order valence-corrected chi connectivity index (χ4v) is 4.41. The van der Waals surface area contributed by atoms with Gasteiger partial charge in [0.15, 0.2) is 23.0 Å². The van der Waals surface area contributed by atoms with E-state index in [1.807, 2.05) is 42.5 Å². The summed E-state index contributed by atoms with van der Waals surface area (Å²) in [5.41, 5.74) is 2.71. The first-order chi connectivity index (χ1) is 18.0. The number of nitrogens with zero attached hydrogens (tertiary/aromatic N) is 2. The Balaban J connectivity index is 1.82. The van der Waals surface area contributed by atoms with Gasteiger partial charge in [-0.15, -0.1) is 0 Å². The van der Waals surface area contributed by atoms with E-state index in [1.165, 1.54) is 26.3 Å². The Bertz CT molecular complexity index is 1300. The Hall–Kier alpha value is -4.40. The maximum absolute atomic E-state index is 13.9. The minimum atomic E-state index is -0.411. The van der Waals surface area contributed by atoms with Gasteiger partial charge in [-0.05, 0) is 36.4 Å². The Labute approximate surface area is 216 Å². The first-order valence-electron chi connectivity index (χ1n) is 11.6. The van der Waals surface area contributed by atoms with E-state index in [4.69, 9.17) is 33.5 Å². The van der Waals surface area contributed by atoms with Crippen molar-refractivity contribution in [1.29, 1.82) is 0 Å². The van der Waals surface area contributed by atoms with Crippen LogP contribution in [0.3, 0.4) is 0 Å². The fraction of sp³-hybridized carbons (Fsp3) is 0.286. The second-order valence-electron chi connectivity index (χ2n) is 8.14. The number of hydrogen-bond acceptors (Lipinski definition) is 8. The van der Waals surface area contributed by atoms with Gasteiger partial charge >= 0.3 is 0 Å². The van der Waals surface area contributed by atoms with Crippen LogP contribution in [0.25, 0.3) is 0 Å². The molecule has 0 aromatic heterocycles. The first kappa shape index (κ1) is 25.7. The molecule has 0 bridgehead atoms. The average molecular weight is 507 g/mol. The lowest BCUT2D eigenvalue weighted by Gasteiger charge is -2.24. The van der Waals surface area contributed by atoms with Gasteiger partial charge in [0.1, 0.15) is 5.75 Å². The maximum Gasteiger partial charge on any atom is 0.274 e. The second-order valence-corrected chi connectivity index (χ2v) is 8.14. The number of amides is 1. The van der Waals surface area contributed by atoms with Crippen molar-refractivity contribution in [3.05, 3.63) is 71.3 Å². The molecule has 3 aromatic carbocycles. The summed E-state index contributed by atoms with van der Waals surface area (Å²) >= 11 is 0. The van der Waals surface area contributed by atoms with Crippen molar-refractivity contribution in [3.8, 4) is 34.5 Å². The van der Waals surface area contributed by atoms with E-state index in [0.29, 0.717) is 46.5 Å². The van der Waals surface area contributed by atoms with Crippen molar-refractivity contribution in [2.75, 3.05) is 42.7 Å². The molecular weight excluding hydrogens is 476 g/mol. The van der Waals surface area contributed by atoms with Gasteiger partial charge in [-0.2, -0.15) is 5.10 Å². The molecule has 0 fully saturated rings. The molecule has 4 rings (SSSR count). The minimum Gasteiger partial charge on any atom is -0.496 e. The molecule has 0 spiro atoms. The summed E-state index contributed by atoms with van der Waals surface area (Å²) < 4.78 is 32.8. The number of hydrazone groups is 1. The largest absolute Gasteiger partial charge is 0.496 e. The lowest BCUT2D eigenvalue weighted by molar-refractivity contribution is 0.0708. The highest BCUT2D eigenvalue weighted by atomic mass is 16.5. The SMILES string of the molecule is COc1ccc(C2=NN(C(=O)c3cc(OC)c(OC)c(OC)c3)C(c3ccccc3OC)C2)cc1OC. The lowest BCUT2D eigenvalue weighted by Crippen LogP contribution is -2.27. The molecule has 9 heteroatoms. The molecule has 1 atom stereocenters. The van der Waals surface area contributed by atoms with Gasteiger partial charge in [0.2, 0.25) is 5.75 Å². The first-order valence-corrected chi connectivity index (χ1v) is 11.6. The molecule has 37 heavy (non-hydrogen) atoms. The smallest absolute Gasteiger partial charge is 0.274 e. The van der Waals surface area contributed by atoms with Crippen molar-refractivity contribution in [2.45, 2.75) is 12.5 Å². The predicted octanol–water partition coefficient (Wildman–Crippen LogP) is 4.73. The molecule has 0 N–H and O–H groups in total. The van der Waals surface area contributed by atoms with Gasteiger partial charge in [0.25, 0.3) is 5.91 Å². The van der Waals surface area contributed by atoms with Gasteiger partial charge in [-0.25, -0.2) is 5.01 Å². The molecule has 9 nitrogen and oxygen atoms in total. The summed E-state index contributed by atoms with van der Waals surface area (Å²) in [6.07, 6.45) is 0.464. The quantitative estimate of drug-likeness (QED) is 0.415.